The van der Waals surface area contributed by atoms with Crippen molar-refractivity contribution in [2.45, 2.75) is 13.1 Å². The predicted octanol–water partition coefficient (Wildman–Crippen LogP) is -5.56. The summed E-state index contributed by atoms with van der Waals surface area (Å²) >= 11 is 0. The van der Waals surface area contributed by atoms with Crippen LogP contribution in [0.3, 0.4) is 0 Å². The van der Waals surface area contributed by atoms with Crippen LogP contribution in [0, 0.1) is 0 Å². The molecule has 3 N–H and O–H groups in total. The summed E-state index contributed by atoms with van der Waals surface area (Å²) in [6.45, 7) is 9.73. The fourth-order valence-corrected chi connectivity index (χ4v) is 2.68. The molecule has 22 heavy (non-hydrogen) atoms. The molecule has 0 aromatic heterocycles. The normalized spacial score (nSPS) is 10.3. The van der Waals surface area contributed by atoms with Crippen LogP contribution in [0.4, 0.5) is 0 Å². The van der Waals surface area contributed by atoms with Crippen LogP contribution in [0.5, 0.6) is 0 Å². The van der Waals surface area contributed by atoms with Crippen LogP contribution in [-0.4, -0.2) is 70.2 Å². The van der Waals surface area contributed by atoms with Crippen LogP contribution in [-0.2, 0) is 0 Å². The van der Waals surface area contributed by atoms with Gasteiger partial charge >= 0.3 is 18.9 Å². The van der Waals surface area contributed by atoms with Gasteiger partial charge < -0.3 is 14.7 Å². The Hall–Kier alpha value is -0.0857. The average molecular weight is 319 g/mol. The van der Waals surface area contributed by atoms with Crippen LogP contribution in [0.15, 0.2) is 30.3 Å². The molecule has 122 valence electrons. The van der Waals surface area contributed by atoms with Gasteiger partial charge in [-0.3, -0.25) is 8.80 Å². The standard InChI is InChI=1S/C9H23N3.C8H11Si.Li/c1-10(2)6-8-12(5)9-7-11(3)4;1-9(2)8-6-4-3-5-7-8;/h6-9H2,1-5H3;3-7H,1-2H3;/q;-1;+1/p+3. The first-order valence-electron chi connectivity index (χ1n) is 8.07. The van der Waals surface area contributed by atoms with E-state index in [1.807, 2.05) is 0 Å². The van der Waals surface area contributed by atoms with Crippen molar-refractivity contribution >= 4 is 14.0 Å². The molecule has 0 saturated carbocycles. The van der Waals surface area contributed by atoms with Gasteiger partial charge in [-0.25, -0.2) is 0 Å². The van der Waals surface area contributed by atoms with Crippen LogP contribution in [0.25, 0.3) is 0 Å². The summed E-state index contributed by atoms with van der Waals surface area (Å²) in [7, 11) is 10.9. The van der Waals surface area contributed by atoms with Crippen molar-refractivity contribution in [1.29, 1.82) is 0 Å². The first-order valence-corrected chi connectivity index (χ1v) is 10.6. The van der Waals surface area contributed by atoms with Crippen molar-refractivity contribution < 1.29 is 33.6 Å². The van der Waals surface area contributed by atoms with Crippen LogP contribution in [0.1, 0.15) is 0 Å². The minimum Gasteiger partial charge on any atom is -0.335 e. The molecule has 0 aliphatic carbocycles. The first-order chi connectivity index (χ1) is 9.82. The number of quaternary nitrogens is 3. The smallest absolute Gasteiger partial charge is 0.335 e. The largest absolute Gasteiger partial charge is 1.00 e. The van der Waals surface area contributed by atoms with Gasteiger partial charge in [-0.05, 0) is 0 Å². The Labute approximate surface area is 152 Å². The maximum Gasteiger partial charge on any atom is 1.00 e. The molecule has 0 bridgehead atoms. The second kappa shape index (κ2) is 14.5. The molecule has 0 aliphatic heterocycles. The van der Waals surface area contributed by atoms with Gasteiger partial charge in [0.1, 0.15) is 26.2 Å². The molecule has 0 aliphatic rings. The van der Waals surface area contributed by atoms with Gasteiger partial charge in [0.05, 0.1) is 35.2 Å². The molecule has 0 fully saturated rings. The molecule has 5 heteroatoms. The number of likely N-dealkylation sites (N-methyl/N-ethyl adjacent to an activating group) is 3. The van der Waals surface area contributed by atoms with Gasteiger partial charge in [-0.15, -0.1) is 0 Å². The SMILES string of the molecule is C[NH+](C)CC[NH+](C)CC[NH+](C)C.C[Si-](C)c1ccccc1.[Li+]. The molecule has 1 aromatic rings. The third kappa shape index (κ3) is 14.8. The quantitative estimate of drug-likeness (QED) is 0.415. The van der Waals surface area contributed by atoms with Gasteiger partial charge in [0, 0.05) is 0 Å². The Kier molecular flexibility index (Phi) is 15.9. The third-order valence-corrected chi connectivity index (χ3v) is 4.94. The zero-order valence-electron chi connectivity index (χ0n) is 16.2. The van der Waals surface area contributed by atoms with Gasteiger partial charge in [0.15, 0.2) is 0 Å². The van der Waals surface area contributed by atoms with E-state index >= 15 is 0 Å². The predicted molar refractivity (Wildman–Crippen MR) is 95.5 cm³/mol. The van der Waals surface area contributed by atoms with Crippen molar-refractivity contribution in [2.24, 2.45) is 0 Å². The van der Waals surface area contributed by atoms with Crippen LogP contribution < -0.4 is 38.7 Å². The summed E-state index contributed by atoms with van der Waals surface area (Å²) < 4.78 is 0. The fraction of sp³-hybridized carbons (Fsp3) is 0.647. The zero-order chi connectivity index (χ0) is 16.3. The summed E-state index contributed by atoms with van der Waals surface area (Å²) in [5.74, 6) is 0. The molecule has 0 spiro atoms. The van der Waals surface area contributed by atoms with E-state index in [-0.39, 0.29) is 27.7 Å². The van der Waals surface area contributed by atoms with E-state index in [1.54, 1.807) is 14.7 Å². The van der Waals surface area contributed by atoms with Crippen LogP contribution in [0.2, 0.25) is 13.1 Å². The number of hydrogen-bond acceptors (Lipinski definition) is 0. The summed E-state index contributed by atoms with van der Waals surface area (Å²) in [6, 6.07) is 10.7. The first kappa shape index (κ1) is 24.2. The second-order valence-electron chi connectivity index (χ2n) is 6.74. The van der Waals surface area contributed by atoms with E-state index in [2.05, 4.69) is 78.7 Å². The Balaban J connectivity index is 0. The van der Waals surface area contributed by atoms with Crippen molar-refractivity contribution in [1.82, 2.24) is 0 Å². The topological polar surface area (TPSA) is 13.3 Å². The minimum absolute atomic E-state index is 0. The number of nitrogens with one attached hydrogen (secondary N) is 3. The molecule has 0 atom stereocenters. The summed E-state index contributed by atoms with van der Waals surface area (Å²) in [5.41, 5.74) is 0. The molecule has 1 rings (SSSR count). The van der Waals surface area contributed by atoms with Gasteiger partial charge in [0.2, 0.25) is 0 Å². The molecule has 0 heterocycles. The molecule has 0 saturated heterocycles. The van der Waals surface area contributed by atoms with E-state index in [4.69, 9.17) is 0 Å². The summed E-state index contributed by atoms with van der Waals surface area (Å²) in [5, 5.41) is 1.52. The Morgan fingerprint density at radius 1 is 0.727 bits per heavy atom. The van der Waals surface area contributed by atoms with E-state index in [0.29, 0.717) is 0 Å². The number of rotatable bonds is 7. The molecular formula is C17H37LiN3Si+3. The van der Waals surface area contributed by atoms with Gasteiger partial charge in [-0.1, -0.05) is 30.3 Å². The van der Waals surface area contributed by atoms with Crippen molar-refractivity contribution in [3.05, 3.63) is 30.3 Å². The van der Waals surface area contributed by atoms with Gasteiger partial charge in [0.25, 0.3) is 0 Å². The fourth-order valence-electron chi connectivity index (χ4n) is 1.82. The van der Waals surface area contributed by atoms with Gasteiger partial charge in [-0.2, -0.15) is 18.3 Å². The number of hydrogen-bond donors (Lipinski definition) is 3. The summed E-state index contributed by atoms with van der Waals surface area (Å²) in [4.78, 5) is 4.75. The van der Waals surface area contributed by atoms with E-state index in [1.165, 1.54) is 31.4 Å². The van der Waals surface area contributed by atoms with Crippen molar-refractivity contribution in [3.63, 3.8) is 0 Å². The Morgan fingerprint density at radius 3 is 1.41 bits per heavy atom. The molecular weight excluding hydrogens is 281 g/mol. The molecule has 0 radical (unpaired) electrons. The van der Waals surface area contributed by atoms with Crippen LogP contribution >= 0.6 is 0 Å². The summed E-state index contributed by atoms with van der Waals surface area (Å²) in [6.07, 6.45) is 0. The molecule has 0 unspecified atom stereocenters. The Bertz CT molecular complexity index is 333. The molecule has 0 amide bonds. The monoisotopic (exact) mass is 318 g/mol. The van der Waals surface area contributed by atoms with E-state index < -0.39 is 0 Å². The Morgan fingerprint density at radius 2 is 1.14 bits per heavy atom. The van der Waals surface area contributed by atoms with E-state index in [0.717, 1.165) is 0 Å². The second-order valence-corrected chi connectivity index (χ2v) is 9.31. The maximum atomic E-state index is 2.31. The zero-order valence-corrected chi connectivity index (χ0v) is 17.2. The van der Waals surface area contributed by atoms with E-state index in [9.17, 15) is 0 Å². The third-order valence-electron chi connectivity index (χ3n) is 3.45. The van der Waals surface area contributed by atoms with Crippen molar-refractivity contribution in [2.75, 3.05) is 61.4 Å². The maximum absolute atomic E-state index is 2.31. The molecule has 1 aromatic carbocycles. The minimum atomic E-state index is -0.212. The number of benzene rings is 1. The average Bonchev–Trinajstić information content (AvgIpc) is 2.44. The molecule has 3 nitrogen and oxygen atoms in total. The van der Waals surface area contributed by atoms with Crippen molar-refractivity contribution in [3.8, 4) is 0 Å².